The van der Waals surface area contributed by atoms with Crippen LogP contribution in [0.4, 0.5) is 0 Å². The highest BCUT2D eigenvalue weighted by molar-refractivity contribution is 9.10. The maximum atomic E-state index is 9.01. The molecule has 1 aromatic rings. The van der Waals surface area contributed by atoms with Gasteiger partial charge in [0.25, 0.3) is 0 Å². The first-order valence-electron chi connectivity index (χ1n) is 4.31. The van der Waals surface area contributed by atoms with Crippen molar-refractivity contribution in [3.8, 4) is 0 Å². The second kappa shape index (κ2) is 7.23. The molecule has 0 aliphatic rings. The van der Waals surface area contributed by atoms with Gasteiger partial charge in [-0.15, -0.1) is 12.4 Å². The van der Waals surface area contributed by atoms with Crippen molar-refractivity contribution in [3.05, 3.63) is 34.3 Å². The molecule has 1 atom stereocenters. The van der Waals surface area contributed by atoms with Gasteiger partial charge in [0.05, 0.1) is 6.10 Å². The Balaban J connectivity index is 0.00000169. The third kappa shape index (κ3) is 5.60. The van der Waals surface area contributed by atoms with Crippen molar-refractivity contribution in [1.82, 2.24) is 5.32 Å². The fourth-order valence-corrected chi connectivity index (χ4v) is 1.52. The van der Waals surface area contributed by atoms with Crippen molar-refractivity contribution in [3.63, 3.8) is 0 Å². The van der Waals surface area contributed by atoms with Gasteiger partial charge in [-0.2, -0.15) is 0 Å². The Labute approximate surface area is 99.3 Å². The van der Waals surface area contributed by atoms with Gasteiger partial charge < -0.3 is 10.4 Å². The average molecular weight is 281 g/mol. The van der Waals surface area contributed by atoms with E-state index in [-0.39, 0.29) is 18.5 Å². The second-order valence-electron chi connectivity index (χ2n) is 3.11. The lowest BCUT2D eigenvalue weighted by Gasteiger charge is -2.06. The van der Waals surface area contributed by atoms with Crippen LogP contribution in [-0.4, -0.2) is 17.8 Å². The number of aliphatic hydroxyl groups is 1. The summed E-state index contributed by atoms with van der Waals surface area (Å²) in [4.78, 5) is 0. The van der Waals surface area contributed by atoms with Crippen LogP contribution in [0.2, 0.25) is 0 Å². The molecule has 0 radical (unpaired) electrons. The number of hydrogen-bond acceptors (Lipinski definition) is 2. The maximum Gasteiger partial charge on any atom is 0.0636 e. The number of nitrogens with one attached hydrogen (secondary N) is 1. The van der Waals surface area contributed by atoms with E-state index >= 15 is 0 Å². The fraction of sp³-hybridized carbons (Fsp3) is 0.400. The number of hydrogen-bond donors (Lipinski definition) is 2. The van der Waals surface area contributed by atoms with Gasteiger partial charge in [0.2, 0.25) is 0 Å². The first-order valence-corrected chi connectivity index (χ1v) is 5.11. The van der Waals surface area contributed by atoms with Crippen LogP contribution in [0.25, 0.3) is 0 Å². The molecule has 2 N–H and O–H groups in total. The van der Waals surface area contributed by atoms with Crippen LogP contribution in [0.5, 0.6) is 0 Å². The van der Waals surface area contributed by atoms with Gasteiger partial charge in [0.1, 0.15) is 0 Å². The minimum Gasteiger partial charge on any atom is -0.392 e. The summed E-state index contributed by atoms with van der Waals surface area (Å²) < 4.78 is 1.09. The Kier molecular flexibility index (Phi) is 7.19. The van der Waals surface area contributed by atoms with Crippen molar-refractivity contribution in [2.75, 3.05) is 6.54 Å². The van der Waals surface area contributed by atoms with Crippen molar-refractivity contribution in [2.45, 2.75) is 19.6 Å². The molecule has 0 aromatic heterocycles. The molecule has 1 unspecified atom stereocenters. The molecule has 14 heavy (non-hydrogen) atoms. The third-order valence-electron chi connectivity index (χ3n) is 1.66. The highest BCUT2D eigenvalue weighted by Crippen LogP contribution is 2.11. The molecule has 0 amide bonds. The molecule has 4 heteroatoms. The molecule has 80 valence electrons. The summed E-state index contributed by atoms with van der Waals surface area (Å²) in [6.45, 7) is 3.20. The van der Waals surface area contributed by atoms with Crippen molar-refractivity contribution >= 4 is 28.3 Å². The molecule has 0 fully saturated rings. The van der Waals surface area contributed by atoms with E-state index in [0.29, 0.717) is 6.54 Å². The molecule has 0 bridgehead atoms. The van der Waals surface area contributed by atoms with Crippen LogP contribution in [0, 0.1) is 0 Å². The number of rotatable bonds is 4. The smallest absolute Gasteiger partial charge is 0.0636 e. The van der Waals surface area contributed by atoms with Crippen molar-refractivity contribution in [1.29, 1.82) is 0 Å². The lowest BCUT2D eigenvalue weighted by Crippen LogP contribution is -2.23. The topological polar surface area (TPSA) is 32.3 Å². The van der Waals surface area contributed by atoms with E-state index in [0.717, 1.165) is 11.0 Å². The Bertz CT molecular complexity index is 268. The molecule has 1 rings (SSSR count). The highest BCUT2D eigenvalue weighted by atomic mass is 79.9. The van der Waals surface area contributed by atoms with E-state index in [9.17, 15) is 0 Å². The van der Waals surface area contributed by atoms with Gasteiger partial charge in [0.15, 0.2) is 0 Å². The normalized spacial score (nSPS) is 11.9. The first kappa shape index (κ1) is 13.9. The molecular weight excluding hydrogens is 265 g/mol. The summed E-state index contributed by atoms with van der Waals surface area (Å²) >= 11 is 3.41. The largest absolute Gasteiger partial charge is 0.392 e. The number of halogens is 2. The van der Waals surface area contributed by atoms with Gasteiger partial charge in [-0.3, -0.25) is 0 Å². The average Bonchev–Trinajstić information content (AvgIpc) is 2.03. The summed E-state index contributed by atoms with van der Waals surface area (Å²) in [6.07, 6.45) is -0.285. The quantitative estimate of drug-likeness (QED) is 0.887. The monoisotopic (exact) mass is 279 g/mol. The van der Waals surface area contributed by atoms with Crippen LogP contribution in [0.3, 0.4) is 0 Å². The standard InChI is InChI=1S/C10H14BrNO.ClH/c1-8(13)6-12-7-9-3-2-4-10(11)5-9;/h2-5,8,12-13H,6-7H2,1H3;1H. The molecule has 1 aromatic carbocycles. The predicted octanol–water partition coefficient (Wildman–Crippen LogP) is 2.34. The Morgan fingerprint density at radius 1 is 1.50 bits per heavy atom. The van der Waals surface area contributed by atoms with Crippen molar-refractivity contribution in [2.24, 2.45) is 0 Å². The van der Waals surface area contributed by atoms with Gasteiger partial charge in [-0.05, 0) is 24.6 Å². The molecule has 2 nitrogen and oxygen atoms in total. The Morgan fingerprint density at radius 2 is 2.21 bits per heavy atom. The molecule has 0 aliphatic carbocycles. The third-order valence-corrected chi connectivity index (χ3v) is 2.15. The predicted molar refractivity (Wildman–Crippen MR) is 64.8 cm³/mol. The van der Waals surface area contributed by atoms with Crippen LogP contribution in [-0.2, 0) is 6.54 Å². The lowest BCUT2D eigenvalue weighted by molar-refractivity contribution is 0.191. The first-order chi connectivity index (χ1) is 6.18. The van der Waals surface area contributed by atoms with Gasteiger partial charge >= 0.3 is 0 Å². The molecule has 0 saturated carbocycles. The SMILES string of the molecule is CC(O)CNCc1cccc(Br)c1.Cl. The number of aliphatic hydroxyl groups excluding tert-OH is 1. The van der Waals surface area contributed by atoms with Gasteiger partial charge in [-0.1, -0.05) is 28.1 Å². The van der Waals surface area contributed by atoms with E-state index in [4.69, 9.17) is 5.11 Å². The van der Waals surface area contributed by atoms with E-state index in [2.05, 4.69) is 33.4 Å². The number of benzene rings is 1. The van der Waals surface area contributed by atoms with Gasteiger partial charge in [-0.25, -0.2) is 0 Å². The van der Waals surface area contributed by atoms with Crippen LogP contribution >= 0.6 is 28.3 Å². The Morgan fingerprint density at radius 3 is 2.79 bits per heavy atom. The zero-order valence-electron chi connectivity index (χ0n) is 8.03. The Hall–Kier alpha value is -0.0900. The summed E-state index contributed by atoms with van der Waals surface area (Å²) in [5, 5.41) is 12.2. The van der Waals surface area contributed by atoms with E-state index in [1.54, 1.807) is 6.92 Å². The summed E-state index contributed by atoms with van der Waals surface area (Å²) in [6, 6.07) is 8.12. The zero-order valence-corrected chi connectivity index (χ0v) is 10.4. The summed E-state index contributed by atoms with van der Waals surface area (Å²) in [5.41, 5.74) is 1.22. The van der Waals surface area contributed by atoms with Crippen molar-refractivity contribution < 1.29 is 5.11 Å². The molecule has 0 spiro atoms. The van der Waals surface area contributed by atoms with Crippen LogP contribution in [0.1, 0.15) is 12.5 Å². The summed E-state index contributed by atoms with van der Waals surface area (Å²) in [7, 11) is 0. The van der Waals surface area contributed by atoms with E-state index in [1.165, 1.54) is 5.56 Å². The maximum absolute atomic E-state index is 9.01. The second-order valence-corrected chi connectivity index (χ2v) is 4.03. The molecule has 0 heterocycles. The minimum atomic E-state index is -0.285. The van der Waals surface area contributed by atoms with Gasteiger partial charge in [0, 0.05) is 17.6 Å². The fourth-order valence-electron chi connectivity index (χ4n) is 1.07. The molecule has 0 aliphatic heterocycles. The van der Waals surface area contributed by atoms with Crippen LogP contribution < -0.4 is 5.32 Å². The zero-order chi connectivity index (χ0) is 9.68. The van der Waals surface area contributed by atoms with E-state index in [1.807, 2.05) is 12.1 Å². The lowest BCUT2D eigenvalue weighted by atomic mass is 10.2. The molecular formula is C10H15BrClNO. The van der Waals surface area contributed by atoms with Crippen LogP contribution in [0.15, 0.2) is 28.7 Å². The highest BCUT2D eigenvalue weighted by Gasteiger charge is 1.96. The van der Waals surface area contributed by atoms with E-state index < -0.39 is 0 Å². The summed E-state index contributed by atoms with van der Waals surface area (Å²) in [5.74, 6) is 0. The minimum absolute atomic E-state index is 0. The molecule has 0 saturated heterocycles.